The molecule has 0 saturated heterocycles. The minimum absolute atomic E-state index is 0.0494. The molecule has 0 spiro atoms. The highest BCUT2D eigenvalue weighted by Crippen LogP contribution is 2.35. The van der Waals surface area contributed by atoms with Crippen molar-refractivity contribution >= 4 is 38.9 Å². The van der Waals surface area contributed by atoms with Gasteiger partial charge in [-0.05, 0) is 79.1 Å². The number of carbonyl (C=O) groups is 1. The van der Waals surface area contributed by atoms with E-state index >= 15 is 0 Å². The smallest absolute Gasteiger partial charge is 0.264 e. The topological polar surface area (TPSA) is 88.6 Å². The van der Waals surface area contributed by atoms with Gasteiger partial charge in [0.05, 0.1) is 17.7 Å². The molecule has 9 heteroatoms. The van der Waals surface area contributed by atoms with Crippen molar-refractivity contribution in [1.29, 1.82) is 0 Å². The Morgan fingerprint density at radius 3 is 2.24 bits per heavy atom. The first-order chi connectivity index (χ1) is 17.8. The Labute approximate surface area is 221 Å². The van der Waals surface area contributed by atoms with Crippen LogP contribution in [0.2, 0.25) is 5.02 Å². The standard InChI is InChI=1S/C28H26ClN3O4S/c1-20-3-10-25(11-4-20)37(34,35)32(26-18-23(29)7-12-27(26)36-2)19-28(33)31-24-8-5-21(6-9-24)17-22-13-15-30-16-14-22/h3-16,18H,17,19H2,1-2H3,(H,31,33). The molecule has 3 aromatic carbocycles. The molecule has 37 heavy (non-hydrogen) atoms. The molecule has 0 aliphatic heterocycles. The number of aromatic nitrogens is 1. The number of halogens is 1. The molecule has 0 fully saturated rings. The highest BCUT2D eigenvalue weighted by molar-refractivity contribution is 7.92. The Morgan fingerprint density at radius 2 is 1.59 bits per heavy atom. The maximum atomic E-state index is 13.7. The second-order valence-corrected chi connectivity index (χ2v) is 10.7. The number of anilines is 2. The minimum atomic E-state index is -4.12. The van der Waals surface area contributed by atoms with Crippen molar-refractivity contribution in [2.45, 2.75) is 18.2 Å². The molecule has 190 valence electrons. The Kier molecular flexibility index (Phi) is 8.11. The zero-order chi connectivity index (χ0) is 26.4. The second-order valence-electron chi connectivity index (χ2n) is 8.42. The Bertz CT molecular complexity index is 1480. The summed E-state index contributed by atoms with van der Waals surface area (Å²) in [6, 6.07) is 22.3. The van der Waals surface area contributed by atoms with Crippen molar-refractivity contribution in [3.63, 3.8) is 0 Å². The molecule has 7 nitrogen and oxygen atoms in total. The van der Waals surface area contributed by atoms with Gasteiger partial charge in [0, 0.05) is 23.1 Å². The van der Waals surface area contributed by atoms with E-state index in [1.807, 2.05) is 31.2 Å². The third-order valence-corrected chi connectivity index (χ3v) is 7.71. The van der Waals surface area contributed by atoms with Crippen LogP contribution in [0.3, 0.4) is 0 Å². The van der Waals surface area contributed by atoms with Gasteiger partial charge in [-0.15, -0.1) is 0 Å². The number of methoxy groups -OCH3 is 1. The number of nitrogens with one attached hydrogen (secondary N) is 1. The number of nitrogens with zero attached hydrogens (tertiary/aromatic N) is 2. The van der Waals surface area contributed by atoms with Crippen LogP contribution in [0.4, 0.5) is 11.4 Å². The summed E-state index contributed by atoms with van der Waals surface area (Å²) in [6.45, 7) is 1.38. The number of pyridine rings is 1. The van der Waals surface area contributed by atoms with Gasteiger partial charge < -0.3 is 10.1 Å². The average Bonchev–Trinajstić information content (AvgIpc) is 2.89. The van der Waals surface area contributed by atoms with Gasteiger partial charge in [-0.1, -0.05) is 41.4 Å². The molecular weight excluding hydrogens is 510 g/mol. The van der Waals surface area contributed by atoms with E-state index in [1.54, 1.807) is 48.8 Å². The molecule has 0 unspecified atom stereocenters. The maximum absolute atomic E-state index is 13.7. The third kappa shape index (κ3) is 6.47. The van der Waals surface area contributed by atoms with E-state index in [2.05, 4.69) is 10.3 Å². The number of benzene rings is 3. The highest BCUT2D eigenvalue weighted by atomic mass is 35.5. The molecule has 4 rings (SSSR count). The van der Waals surface area contributed by atoms with Crippen LogP contribution in [0.5, 0.6) is 5.75 Å². The average molecular weight is 536 g/mol. The van der Waals surface area contributed by atoms with Gasteiger partial charge in [-0.3, -0.25) is 14.1 Å². The van der Waals surface area contributed by atoms with Crippen molar-refractivity contribution < 1.29 is 17.9 Å². The first-order valence-electron chi connectivity index (χ1n) is 11.5. The fraction of sp³-hybridized carbons (Fsp3) is 0.143. The van der Waals surface area contributed by atoms with Crippen LogP contribution in [0.15, 0.2) is 96.2 Å². The van der Waals surface area contributed by atoms with E-state index in [0.717, 1.165) is 27.4 Å². The van der Waals surface area contributed by atoms with E-state index in [0.29, 0.717) is 10.7 Å². The number of ether oxygens (including phenoxy) is 1. The molecule has 0 bridgehead atoms. The van der Waals surface area contributed by atoms with Crippen molar-refractivity contribution in [1.82, 2.24) is 4.98 Å². The first-order valence-corrected chi connectivity index (χ1v) is 13.3. The summed E-state index contributed by atoms with van der Waals surface area (Å²) >= 11 is 6.19. The Hall–Kier alpha value is -3.88. The third-order valence-electron chi connectivity index (χ3n) is 5.70. The number of carbonyl (C=O) groups excluding carboxylic acids is 1. The minimum Gasteiger partial charge on any atom is -0.495 e. The molecule has 0 aliphatic carbocycles. The lowest BCUT2D eigenvalue weighted by Gasteiger charge is -2.26. The number of aryl methyl sites for hydroxylation is 1. The Morgan fingerprint density at radius 1 is 0.946 bits per heavy atom. The summed E-state index contributed by atoms with van der Waals surface area (Å²) in [5.74, 6) is -0.243. The summed E-state index contributed by atoms with van der Waals surface area (Å²) in [7, 11) is -2.69. The lowest BCUT2D eigenvalue weighted by atomic mass is 10.1. The van der Waals surface area contributed by atoms with E-state index < -0.39 is 22.5 Å². The number of rotatable bonds is 9. The van der Waals surface area contributed by atoms with Gasteiger partial charge in [0.25, 0.3) is 10.0 Å². The van der Waals surface area contributed by atoms with Gasteiger partial charge in [-0.25, -0.2) is 8.42 Å². The second kappa shape index (κ2) is 11.5. The van der Waals surface area contributed by atoms with Crippen LogP contribution in [-0.4, -0.2) is 33.0 Å². The van der Waals surface area contributed by atoms with Crippen LogP contribution >= 0.6 is 11.6 Å². The fourth-order valence-electron chi connectivity index (χ4n) is 3.77. The van der Waals surface area contributed by atoms with Gasteiger partial charge >= 0.3 is 0 Å². The summed E-state index contributed by atoms with van der Waals surface area (Å²) < 4.78 is 33.7. The summed E-state index contributed by atoms with van der Waals surface area (Å²) in [5, 5.41) is 3.10. The molecule has 1 heterocycles. The summed E-state index contributed by atoms with van der Waals surface area (Å²) in [5.41, 5.74) is 3.82. The number of sulfonamides is 1. The normalized spacial score (nSPS) is 11.1. The SMILES string of the molecule is COc1ccc(Cl)cc1N(CC(=O)Nc1ccc(Cc2ccncc2)cc1)S(=O)(=O)c1ccc(C)cc1. The quantitative estimate of drug-likeness (QED) is 0.307. The van der Waals surface area contributed by atoms with Crippen LogP contribution in [-0.2, 0) is 21.2 Å². The largest absolute Gasteiger partial charge is 0.495 e. The molecule has 1 N–H and O–H groups in total. The Balaban J connectivity index is 1.58. The number of amides is 1. The van der Waals surface area contributed by atoms with Crippen LogP contribution in [0, 0.1) is 6.92 Å². The zero-order valence-corrected chi connectivity index (χ0v) is 22.0. The van der Waals surface area contributed by atoms with E-state index in [-0.39, 0.29) is 16.3 Å². The molecule has 0 aliphatic rings. The van der Waals surface area contributed by atoms with Gasteiger partial charge in [0.15, 0.2) is 0 Å². The summed E-state index contributed by atoms with van der Waals surface area (Å²) in [4.78, 5) is 17.2. The molecular formula is C28H26ClN3O4S. The predicted molar refractivity (Wildman–Crippen MR) is 146 cm³/mol. The van der Waals surface area contributed by atoms with Crippen LogP contribution in [0.25, 0.3) is 0 Å². The van der Waals surface area contributed by atoms with E-state index in [1.165, 1.54) is 25.3 Å². The molecule has 4 aromatic rings. The van der Waals surface area contributed by atoms with Gasteiger partial charge in [-0.2, -0.15) is 0 Å². The zero-order valence-electron chi connectivity index (χ0n) is 20.4. The van der Waals surface area contributed by atoms with Crippen LogP contribution in [0.1, 0.15) is 16.7 Å². The molecule has 0 radical (unpaired) electrons. The van der Waals surface area contributed by atoms with Crippen molar-refractivity contribution in [2.75, 3.05) is 23.3 Å². The number of hydrogen-bond donors (Lipinski definition) is 1. The summed E-state index contributed by atoms with van der Waals surface area (Å²) in [6.07, 6.45) is 4.22. The predicted octanol–water partition coefficient (Wildman–Crippen LogP) is 5.48. The first kappa shape index (κ1) is 26.2. The lowest BCUT2D eigenvalue weighted by Crippen LogP contribution is -2.38. The lowest BCUT2D eigenvalue weighted by molar-refractivity contribution is -0.114. The van der Waals surface area contributed by atoms with E-state index in [9.17, 15) is 13.2 Å². The van der Waals surface area contributed by atoms with Gasteiger partial charge in [0.1, 0.15) is 12.3 Å². The number of hydrogen-bond acceptors (Lipinski definition) is 5. The van der Waals surface area contributed by atoms with Crippen LogP contribution < -0.4 is 14.4 Å². The van der Waals surface area contributed by atoms with Crippen molar-refractivity contribution in [3.05, 3.63) is 113 Å². The van der Waals surface area contributed by atoms with Crippen molar-refractivity contribution in [3.8, 4) is 5.75 Å². The van der Waals surface area contributed by atoms with E-state index in [4.69, 9.17) is 16.3 Å². The highest BCUT2D eigenvalue weighted by Gasteiger charge is 2.29. The molecule has 1 amide bonds. The maximum Gasteiger partial charge on any atom is 0.264 e. The molecule has 0 atom stereocenters. The van der Waals surface area contributed by atoms with Gasteiger partial charge in [0.2, 0.25) is 5.91 Å². The fourth-order valence-corrected chi connectivity index (χ4v) is 5.36. The molecule has 0 saturated carbocycles. The molecule has 1 aromatic heterocycles. The monoisotopic (exact) mass is 535 g/mol. The van der Waals surface area contributed by atoms with Crippen molar-refractivity contribution in [2.24, 2.45) is 0 Å².